The number of benzene rings is 2. The van der Waals surface area contributed by atoms with Crippen molar-refractivity contribution in [3.63, 3.8) is 0 Å². The molecule has 4 nitrogen and oxygen atoms in total. The second-order valence-corrected chi connectivity index (χ2v) is 6.06. The third-order valence-electron chi connectivity index (χ3n) is 4.32. The van der Waals surface area contributed by atoms with Crippen LogP contribution in [0, 0.1) is 5.82 Å². The molecule has 2 aromatic carbocycles. The van der Waals surface area contributed by atoms with Gasteiger partial charge < -0.3 is 10.1 Å². The first-order chi connectivity index (χ1) is 12.6. The zero-order chi connectivity index (χ0) is 18.5. The summed E-state index contributed by atoms with van der Waals surface area (Å²) < 4.78 is 19.0. The average molecular weight is 352 g/mol. The van der Waals surface area contributed by atoms with Gasteiger partial charge in [-0.15, -0.1) is 0 Å². The van der Waals surface area contributed by atoms with Crippen LogP contribution in [-0.2, 0) is 17.6 Å². The molecular formula is C21H21FN2O2. The van der Waals surface area contributed by atoms with Gasteiger partial charge in [0, 0.05) is 6.42 Å². The Bertz CT molecular complexity index is 887. The predicted octanol–water partition coefficient (Wildman–Crippen LogP) is 3.90. The summed E-state index contributed by atoms with van der Waals surface area (Å²) >= 11 is 0. The molecule has 2 aromatic rings. The topological polar surface area (TPSA) is 50.7 Å². The number of amides is 1. The van der Waals surface area contributed by atoms with Gasteiger partial charge in [0.05, 0.1) is 7.11 Å². The molecular weight excluding hydrogens is 331 g/mol. The minimum atomic E-state index is -0.237. The fraction of sp³-hybridized carbons (Fsp3) is 0.238. The van der Waals surface area contributed by atoms with Crippen LogP contribution in [0.2, 0.25) is 0 Å². The summed E-state index contributed by atoms with van der Waals surface area (Å²) in [6.07, 6.45) is 3.56. The van der Waals surface area contributed by atoms with Crippen molar-refractivity contribution in [2.24, 2.45) is 4.99 Å². The van der Waals surface area contributed by atoms with Gasteiger partial charge in [-0.1, -0.05) is 31.2 Å². The summed E-state index contributed by atoms with van der Waals surface area (Å²) in [6, 6.07) is 12.4. The first kappa shape index (κ1) is 17.9. The Labute approximate surface area is 152 Å². The third-order valence-corrected chi connectivity index (χ3v) is 4.32. The van der Waals surface area contributed by atoms with E-state index in [0.717, 1.165) is 23.3 Å². The first-order valence-electron chi connectivity index (χ1n) is 8.61. The number of nitrogens with one attached hydrogen (secondary N) is 1. The van der Waals surface area contributed by atoms with Crippen molar-refractivity contribution in [1.82, 2.24) is 5.32 Å². The zero-order valence-electron chi connectivity index (χ0n) is 14.9. The average Bonchev–Trinajstić information content (AvgIpc) is 3.00. The second-order valence-electron chi connectivity index (χ2n) is 6.06. The summed E-state index contributed by atoms with van der Waals surface area (Å²) in [5.74, 6) is 0.925. The highest BCUT2D eigenvalue weighted by Crippen LogP contribution is 2.23. The lowest BCUT2D eigenvalue weighted by atomic mass is 10.1. The molecule has 0 saturated carbocycles. The number of aryl methyl sites for hydroxylation is 2. The Morgan fingerprint density at radius 3 is 2.69 bits per heavy atom. The van der Waals surface area contributed by atoms with E-state index in [2.05, 4.69) is 17.2 Å². The minimum absolute atomic E-state index is 0.234. The van der Waals surface area contributed by atoms with E-state index in [0.29, 0.717) is 29.9 Å². The molecule has 0 radical (unpaired) electrons. The quantitative estimate of drug-likeness (QED) is 0.802. The summed E-state index contributed by atoms with van der Waals surface area (Å²) in [7, 11) is 1.64. The number of aliphatic imine (C=N–C) groups is 1. The number of rotatable bonds is 6. The third kappa shape index (κ3) is 3.99. The van der Waals surface area contributed by atoms with E-state index < -0.39 is 0 Å². The van der Waals surface area contributed by atoms with Crippen molar-refractivity contribution in [3.8, 4) is 5.75 Å². The number of carbonyl (C=O) groups excluding carboxylic acids is 1. The number of hydrogen-bond donors (Lipinski definition) is 1. The van der Waals surface area contributed by atoms with E-state index in [1.54, 1.807) is 31.4 Å². The largest absolute Gasteiger partial charge is 0.496 e. The molecule has 3 rings (SSSR count). The number of nitrogens with zero attached hydrogens (tertiary/aromatic N) is 1. The van der Waals surface area contributed by atoms with Crippen LogP contribution in [-0.4, -0.2) is 18.9 Å². The Morgan fingerprint density at radius 1 is 1.15 bits per heavy atom. The Hall–Kier alpha value is -2.95. The van der Waals surface area contributed by atoms with Crippen molar-refractivity contribution >= 4 is 17.8 Å². The summed E-state index contributed by atoms with van der Waals surface area (Å²) in [6.45, 7) is 2.05. The molecule has 0 atom stereocenters. The lowest BCUT2D eigenvalue weighted by molar-refractivity contribution is -0.115. The van der Waals surface area contributed by atoms with Gasteiger partial charge in [0.25, 0.3) is 5.91 Å². The van der Waals surface area contributed by atoms with E-state index >= 15 is 0 Å². The smallest absolute Gasteiger partial charge is 0.275 e. The van der Waals surface area contributed by atoms with Crippen molar-refractivity contribution < 1.29 is 13.9 Å². The number of ether oxygens (including phenoxy) is 1. The molecule has 1 heterocycles. The van der Waals surface area contributed by atoms with Crippen LogP contribution < -0.4 is 10.1 Å². The van der Waals surface area contributed by atoms with Crippen LogP contribution in [0.15, 0.2) is 53.2 Å². The van der Waals surface area contributed by atoms with Crippen molar-refractivity contribution in [3.05, 3.63) is 70.7 Å². The van der Waals surface area contributed by atoms with Crippen LogP contribution in [0.1, 0.15) is 30.0 Å². The van der Waals surface area contributed by atoms with E-state index in [-0.39, 0.29) is 11.7 Å². The maximum absolute atomic E-state index is 13.7. The van der Waals surface area contributed by atoms with Gasteiger partial charge in [-0.2, -0.15) is 0 Å². The monoisotopic (exact) mass is 352 g/mol. The molecule has 0 aromatic heterocycles. The maximum Gasteiger partial charge on any atom is 0.275 e. The Morgan fingerprint density at radius 2 is 1.96 bits per heavy atom. The molecule has 0 fully saturated rings. The fourth-order valence-corrected chi connectivity index (χ4v) is 2.91. The number of methoxy groups -OCH3 is 1. The summed E-state index contributed by atoms with van der Waals surface area (Å²) in [5.41, 5.74) is 2.95. The molecule has 1 aliphatic heterocycles. The Kier molecular flexibility index (Phi) is 5.46. The number of halogens is 1. The highest BCUT2D eigenvalue weighted by molar-refractivity contribution is 6.14. The van der Waals surface area contributed by atoms with Gasteiger partial charge in [0.2, 0.25) is 0 Å². The SMILES string of the molecule is CCc1cc(/C=C2/N=C(CCc3ccccc3F)NC2=O)ccc1OC. The summed E-state index contributed by atoms with van der Waals surface area (Å²) in [4.78, 5) is 16.5. The molecule has 134 valence electrons. The molecule has 0 unspecified atom stereocenters. The minimum Gasteiger partial charge on any atom is -0.496 e. The van der Waals surface area contributed by atoms with E-state index in [9.17, 15) is 9.18 Å². The van der Waals surface area contributed by atoms with Crippen LogP contribution >= 0.6 is 0 Å². The lowest BCUT2D eigenvalue weighted by Gasteiger charge is -2.07. The molecule has 0 aliphatic carbocycles. The molecule has 0 spiro atoms. The van der Waals surface area contributed by atoms with Crippen molar-refractivity contribution in [2.45, 2.75) is 26.2 Å². The van der Waals surface area contributed by atoms with Gasteiger partial charge >= 0.3 is 0 Å². The normalized spacial score (nSPS) is 15.1. The maximum atomic E-state index is 13.7. The first-order valence-corrected chi connectivity index (χ1v) is 8.61. The standard InChI is InChI=1S/C21H21FN2O2/c1-3-15-12-14(8-10-19(15)26-2)13-18-21(25)24-20(23-18)11-9-16-6-4-5-7-17(16)22/h4-8,10,12-13H,3,9,11H2,1-2H3,(H,23,24,25)/b18-13+. The van der Waals surface area contributed by atoms with Gasteiger partial charge in [-0.25, -0.2) is 9.38 Å². The fourth-order valence-electron chi connectivity index (χ4n) is 2.91. The second kappa shape index (κ2) is 7.95. The highest BCUT2D eigenvalue weighted by Gasteiger charge is 2.20. The summed E-state index contributed by atoms with van der Waals surface area (Å²) in [5, 5.41) is 2.76. The van der Waals surface area contributed by atoms with Gasteiger partial charge in [0.15, 0.2) is 0 Å². The Balaban J connectivity index is 1.75. The molecule has 5 heteroatoms. The van der Waals surface area contributed by atoms with Gasteiger partial charge in [-0.3, -0.25) is 4.79 Å². The van der Waals surface area contributed by atoms with Crippen LogP contribution in [0.4, 0.5) is 4.39 Å². The number of carbonyl (C=O) groups is 1. The molecule has 1 N–H and O–H groups in total. The molecule has 1 aliphatic rings. The van der Waals surface area contributed by atoms with Gasteiger partial charge in [0.1, 0.15) is 23.1 Å². The lowest BCUT2D eigenvalue weighted by Crippen LogP contribution is -2.24. The van der Waals surface area contributed by atoms with Gasteiger partial charge in [-0.05, 0) is 53.8 Å². The number of hydrogen-bond acceptors (Lipinski definition) is 3. The molecule has 0 saturated heterocycles. The molecule has 1 amide bonds. The van der Waals surface area contributed by atoms with E-state index in [1.807, 2.05) is 18.2 Å². The predicted molar refractivity (Wildman–Crippen MR) is 101 cm³/mol. The van der Waals surface area contributed by atoms with Crippen LogP contribution in [0.5, 0.6) is 5.75 Å². The van der Waals surface area contributed by atoms with E-state index in [1.165, 1.54) is 6.07 Å². The molecule has 26 heavy (non-hydrogen) atoms. The van der Waals surface area contributed by atoms with Crippen LogP contribution in [0.25, 0.3) is 6.08 Å². The van der Waals surface area contributed by atoms with Crippen molar-refractivity contribution in [2.75, 3.05) is 7.11 Å². The molecule has 0 bridgehead atoms. The zero-order valence-corrected chi connectivity index (χ0v) is 14.9. The van der Waals surface area contributed by atoms with Crippen molar-refractivity contribution in [1.29, 1.82) is 0 Å². The van der Waals surface area contributed by atoms with Crippen LogP contribution in [0.3, 0.4) is 0 Å². The van der Waals surface area contributed by atoms with E-state index in [4.69, 9.17) is 4.74 Å². The number of amidine groups is 1. The highest BCUT2D eigenvalue weighted by atomic mass is 19.1.